The Hall–Kier alpha value is -0.680. The molecule has 0 saturated carbocycles. The molecule has 0 aromatic rings. The highest BCUT2D eigenvalue weighted by Gasteiger charge is 2.59. The molecule has 2 amide bonds. The van der Waals surface area contributed by atoms with Crippen molar-refractivity contribution in [1.82, 2.24) is 10.2 Å². The van der Waals surface area contributed by atoms with Crippen molar-refractivity contribution in [3.63, 3.8) is 0 Å². The fourth-order valence-corrected chi connectivity index (χ4v) is 2.70. The third-order valence-corrected chi connectivity index (χ3v) is 3.96. The topological polar surface area (TPSA) is 132 Å². The lowest BCUT2D eigenvalue weighted by atomic mass is 9.91. The summed E-state index contributed by atoms with van der Waals surface area (Å²) in [4.78, 5) is 13.4. The maximum absolute atomic E-state index is 12.4. The Kier molecular flexibility index (Phi) is 8.13. The number of carbonyl (C=O) groups is 1. The van der Waals surface area contributed by atoms with Crippen molar-refractivity contribution >= 4 is 17.6 Å². The van der Waals surface area contributed by atoms with Gasteiger partial charge >= 0.3 is 6.03 Å². The fraction of sp³-hybridized carbons (Fsp3) is 0.929. The smallest absolute Gasteiger partial charge is 0.319 e. The molecule has 0 aliphatic carbocycles. The minimum atomic E-state index is -2.35. The molecule has 5 N–H and O–H groups in total. The van der Waals surface area contributed by atoms with E-state index in [9.17, 15) is 25.2 Å². The van der Waals surface area contributed by atoms with Crippen molar-refractivity contribution in [3.8, 4) is 0 Å². The molecule has 0 bridgehead atoms. The van der Waals surface area contributed by atoms with Crippen molar-refractivity contribution < 1.29 is 34.7 Å². The van der Waals surface area contributed by atoms with Gasteiger partial charge in [-0.1, -0.05) is 13.8 Å². The minimum absolute atomic E-state index is 0.0570. The Labute approximate surface area is 146 Å². The first-order valence-corrected chi connectivity index (χ1v) is 8.26. The molecule has 9 nitrogen and oxygen atoms in total. The number of nitrogens with zero attached hydrogens (tertiary/aromatic N) is 1. The standard InChI is InChI=1S/C14H27ClN2O7/c1-8(2)6-17(13(21)16-5-4-15)14(22)11(20)10(19)9(7-18)24-12(14)23-3/h8-12,18-20,22H,4-7H2,1-3H3,(H,16,21)/t9-,10-,11+,12?,14+/m1/s1. The van der Waals surface area contributed by atoms with Gasteiger partial charge in [0, 0.05) is 26.1 Å². The molecular formula is C14H27ClN2O7. The van der Waals surface area contributed by atoms with Gasteiger partial charge in [0.05, 0.1) is 6.61 Å². The molecule has 5 atom stereocenters. The molecule has 1 saturated heterocycles. The Morgan fingerprint density at radius 2 is 2.08 bits per heavy atom. The summed E-state index contributed by atoms with van der Waals surface area (Å²) in [5.41, 5.74) is -2.35. The number of alkyl halides is 1. The molecule has 0 radical (unpaired) electrons. The van der Waals surface area contributed by atoms with E-state index in [4.69, 9.17) is 21.1 Å². The number of hydrogen-bond acceptors (Lipinski definition) is 7. The summed E-state index contributed by atoms with van der Waals surface area (Å²) in [6.07, 6.45) is -6.04. The summed E-state index contributed by atoms with van der Waals surface area (Å²) in [6, 6.07) is -0.689. The third-order valence-electron chi connectivity index (χ3n) is 3.78. The second-order valence-corrected chi connectivity index (χ2v) is 6.45. The van der Waals surface area contributed by atoms with Crippen molar-refractivity contribution in [2.45, 2.75) is 44.2 Å². The van der Waals surface area contributed by atoms with Crippen molar-refractivity contribution in [1.29, 1.82) is 0 Å². The zero-order valence-corrected chi connectivity index (χ0v) is 14.8. The molecule has 24 heavy (non-hydrogen) atoms. The number of halogens is 1. The molecule has 1 unspecified atom stereocenters. The largest absolute Gasteiger partial charge is 0.394 e. The Morgan fingerprint density at radius 3 is 2.54 bits per heavy atom. The first kappa shape index (κ1) is 21.4. The van der Waals surface area contributed by atoms with Crippen molar-refractivity contribution in [2.75, 3.05) is 32.7 Å². The van der Waals surface area contributed by atoms with E-state index in [0.29, 0.717) is 0 Å². The van der Waals surface area contributed by atoms with Crippen LogP contribution >= 0.6 is 11.6 Å². The predicted molar refractivity (Wildman–Crippen MR) is 85.4 cm³/mol. The second-order valence-electron chi connectivity index (χ2n) is 6.07. The van der Waals surface area contributed by atoms with Gasteiger partial charge in [-0.2, -0.15) is 0 Å². The molecule has 1 aliphatic rings. The summed E-state index contributed by atoms with van der Waals surface area (Å²) in [5, 5.41) is 43.3. The maximum Gasteiger partial charge on any atom is 0.319 e. The summed E-state index contributed by atoms with van der Waals surface area (Å²) in [6.45, 7) is 3.26. The number of aliphatic hydroxyl groups is 4. The highest BCUT2D eigenvalue weighted by Crippen LogP contribution is 2.34. The lowest BCUT2D eigenvalue weighted by molar-refractivity contribution is -0.367. The predicted octanol–water partition coefficient (Wildman–Crippen LogP) is -1.33. The average molecular weight is 371 g/mol. The number of aliphatic hydroxyl groups excluding tert-OH is 3. The Balaban J connectivity index is 3.20. The Bertz CT molecular complexity index is 411. The zero-order chi connectivity index (χ0) is 18.5. The number of methoxy groups -OCH3 is 1. The maximum atomic E-state index is 12.4. The summed E-state index contributed by atoms with van der Waals surface area (Å²) in [7, 11) is 1.22. The minimum Gasteiger partial charge on any atom is -0.394 e. The van der Waals surface area contributed by atoms with E-state index >= 15 is 0 Å². The van der Waals surface area contributed by atoms with Gasteiger partial charge in [0.1, 0.15) is 18.3 Å². The SMILES string of the molecule is COC1O[C@H](CO)[C@@H](O)[C@H](O)[C@@]1(O)N(CC(C)C)C(=O)NCCCl. The van der Waals surface area contributed by atoms with Crippen molar-refractivity contribution in [2.24, 2.45) is 5.92 Å². The van der Waals surface area contributed by atoms with Gasteiger partial charge in [0.15, 0.2) is 0 Å². The molecular weight excluding hydrogens is 344 g/mol. The highest BCUT2D eigenvalue weighted by atomic mass is 35.5. The number of nitrogens with one attached hydrogen (secondary N) is 1. The van der Waals surface area contributed by atoms with Gasteiger partial charge in [0.25, 0.3) is 0 Å². The van der Waals surface area contributed by atoms with Crippen LogP contribution in [0.15, 0.2) is 0 Å². The van der Waals surface area contributed by atoms with Crippen LogP contribution in [0.25, 0.3) is 0 Å². The van der Waals surface area contributed by atoms with Crippen LogP contribution in [0.5, 0.6) is 0 Å². The van der Waals surface area contributed by atoms with Gasteiger partial charge in [-0.3, -0.25) is 4.90 Å². The quantitative estimate of drug-likeness (QED) is 0.277. The number of rotatable bonds is 7. The van der Waals surface area contributed by atoms with E-state index in [1.165, 1.54) is 7.11 Å². The number of hydrogen-bond donors (Lipinski definition) is 5. The molecule has 1 fully saturated rings. The molecule has 0 spiro atoms. The van der Waals surface area contributed by atoms with E-state index in [-0.39, 0.29) is 24.9 Å². The van der Waals surface area contributed by atoms with Crippen LogP contribution in [-0.2, 0) is 9.47 Å². The first-order chi connectivity index (χ1) is 11.2. The zero-order valence-electron chi connectivity index (χ0n) is 14.1. The van der Waals surface area contributed by atoms with Crippen molar-refractivity contribution in [3.05, 3.63) is 0 Å². The third kappa shape index (κ3) is 4.29. The highest BCUT2D eigenvalue weighted by molar-refractivity contribution is 6.18. The van der Waals surface area contributed by atoms with E-state index < -0.39 is 43.0 Å². The monoisotopic (exact) mass is 370 g/mol. The van der Waals surface area contributed by atoms with E-state index in [0.717, 1.165) is 4.90 Å². The molecule has 0 aromatic carbocycles. The molecule has 0 aromatic heterocycles. The number of amides is 2. The average Bonchev–Trinajstić information content (AvgIpc) is 2.55. The second kappa shape index (κ2) is 9.14. The number of ether oxygens (including phenoxy) is 2. The van der Waals surface area contributed by atoms with Crippen LogP contribution < -0.4 is 5.32 Å². The molecule has 10 heteroatoms. The molecule has 142 valence electrons. The van der Waals surface area contributed by atoms with E-state index in [2.05, 4.69) is 5.32 Å². The van der Waals surface area contributed by atoms with Gasteiger partial charge < -0.3 is 35.2 Å². The van der Waals surface area contributed by atoms with E-state index in [1.807, 2.05) is 13.8 Å². The molecule has 1 aliphatic heterocycles. The lowest BCUT2D eigenvalue weighted by Gasteiger charge is -2.52. The number of carbonyl (C=O) groups excluding carboxylic acids is 1. The van der Waals surface area contributed by atoms with Crippen LogP contribution in [0.1, 0.15) is 13.8 Å². The summed E-state index contributed by atoms with van der Waals surface area (Å²) >= 11 is 5.56. The molecule has 1 rings (SSSR count). The van der Waals surface area contributed by atoms with Crippen LogP contribution in [-0.4, -0.2) is 94.4 Å². The van der Waals surface area contributed by atoms with Gasteiger partial charge in [-0.15, -0.1) is 11.6 Å². The van der Waals surface area contributed by atoms with Gasteiger partial charge in [0.2, 0.25) is 12.0 Å². The summed E-state index contributed by atoms with van der Waals surface area (Å²) in [5.74, 6) is 0.106. The first-order valence-electron chi connectivity index (χ1n) is 7.73. The lowest BCUT2D eigenvalue weighted by Crippen LogP contribution is -2.75. The van der Waals surface area contributed by atoms with Gasteiger partial charge in [-0.25, -0.2) is 4.79 Å². The van der Waals surface area contributed by atoms with Gasteiger partial charge in [-0.05, 0) is 5.92 Å². The summed E-state index contributed by atoms with van der Waals surface area (Å²) < 4.78 is 10.4. The van der Waals surface area contributed by atoms with E-state index in [1.54, 1.807) is 0 Å². The molecule has 1 heterocycles. The van der Waals surface area contributed by atoms with Crippen LogP contribution in [0.3, 0.4) is 0 Å². The van der Waals surface area contributed by atoms with Crippen LogP contribution in [0, 0.1) is 5.92 Å². The number of urea groups is 1. The van der Waals surface area contributed by atoms with Crippen LogP contribution in [0.2, 0.25) is 0 Å². The normalized spacial score (nSPS) is 33.5. The Morgan fingerprint density at radius 1 is 1.46 bits per heavy atom. The fourth-order valence-electron chi connectivity index (χ4n) is 2.61. The van der Waals surface area contributed by atoms with Crippen LogP contribution in [0.4, 0.5) is 4.79 Å².